The summed E-state index contributed by atoms with van der Waals surface area (Å²) in [5.41, 5.74) is 3.06. The molecule has 9 heteroatoms. The Morgan fingerprint density at radius 2 is 1.85 bits per heavy atom. The van der Waals surface area contributed by atoms with Crippen LogP contribution in [0.4, 0.5) is 4.79 Å². The molecule has 1 aliphatic rings. The van der Waals surface area contributed by atoms with E-state index in [9.17, 15) is 19.6 Å². The number of benzene rings is 1. The van der Waals surface area contributed by atoms with Crippen LogP contribution in [0.1, 0.15) is 42.6 Å². The lowest BCUT2D eigenvalue weighted by Gasteiger charge is -2.12. The van der Waals surface area contributed by atoms with E-state index in [4.69, 9.17) is 9.47 Å². The summed E-state index contributed by atoms with van der Waals surface area (Å²) < 4.78 is 12.1. The van der Waals surface area contributed by atoms with Gasteiger partial charge in [-0.2, -0.15) is 5.26 Å². The van der Waals surface area contributed by atoms with Crippen molar-refractivity contribution in [2.24, 2.45) is 0 Å². The molecule has 2 aromatic rings. The predicted molar refractivity (Wildman–Crippen MR) is 125 cm³/mol. The molecule has 1 aliphatic carbocycles. The molecule has 1 saturated carbocycles. The summed E-state index contributed by atoms with van der Waals surface area (Å²) in [6.45, 7) is 3.13. The molecule has 0 bridgehead atoms. The quantitative estimate of drug-likeness (QED) is 0.368. The highest BCUT2D eigenvalue weighted by atomic mass is 16.5. The van der Waals surface area contributed by atoms with E-state index in [1.807, 2.05) is 54.8 Å². The van der Waals surface area contributed by atoms with Gasteiger partial charge in [0.2, 0.25) is 0 Å². The van der Waals surface area contributed by atoms with Crippen LogP contribution in [0.5, 0.6) is 5.75 Å². The lowest BCUT2D eigenvalue weighted by atomic mass is 10.1. The SMILES string of the molecule is COc1ccc(-n2c(C)cc(/C=C(\C#N)C(=O)OCC(=O)NC(=O)NC3CCCC3)c2C)cc1. The van der Waals surface area contributed by atoms with Crippen molar-refractivity contribution in [3.05, 3.63) is 52.9 Å². The molecule has 0 radical (unpaired) electrons. The van der Waals surface area contributed by atoms with Crippen molar-refractivity contribution in [2.45, 2.75) is 45.6 Å². The molecule has 0 atom stereocenters. The highest BCUT2D eigenvalue weighted by molar-refractivity contribution is 6.00. The minimum Gasteiger partial charge on any atom is -0.497 e. The molecule has 2 N–H and O–H groups in total. The van der Waals surface area contributed by atoms with Gasteiger partial charge in [-0.05, 0) is 68.7 Å². The first-order valence-electron chi connectivity index (χ1n) is 11.0. The molecule has 1 heterocycles. The van der Waals surface area contributed by atoms with E-state index in [0.29, 0.717) is 5.56 Å². The van der Waals surface area contributed by atoms with E-state index < -0.39 is 24.5 Å². The van der Waals surface area contributed by atoms with Gasteiger partial charge in [0.25, 0.3) is 5.91 Å². The van der Waals surface area contributed by atoms with Gasteiger partial charge in [-0.3, -0.25) is 10.1 Å². The van der Waals surface area contributed by atoms with Gasteiger partial charge >= 0.3 is 12.0 Å². The summed E-state index contributed by atoms with van der Waals surface area (Å²) in [4.78, 5) is 36.2. The third-order valence-corrected chi connectivity index (χ3v) is 5.72. The molecular weight excluding hydrogens is 436 g/mol. The number of nitriles is 1. The smallest absolute Gasteiger partial charge is 0.349 e. The number of rotatable bonds is 7. The second-order valence-corrected chi connectivity index (χ2v) is 8.11. The molecule has 34 heavy (non-hydrogen) atoms. The van der Waals surface area contributed by atoms with Crippen LogP contribution < -0.4 is 15.4 Å². The third-order valence-electron chi connectivity index (χ3n) is 5.72. The number of esters is 1. The molecule has 0 unspecified atom stereocenters. The largest absolute Gasteiger partial charge is 0.497 e. The van der Waals surface area contributed by atoms with Crippen molar-refractivity contribution < 1.29 is 23.9 Å². The minimum atomic E-state index is -0.942. The number of nitrogens with one attached hydrogen (secondary N) is 2. The van der Waals surface area contributed by atoms with Gasteiger partial charge in [-0.15, -0.1) is 0 Å². The number of aryl methyl sites for hydroxylation is 1. The van der Waals surface area contributed by atoms with Gasteiger partial charge in [-0.25, -0.2) is 9.59 Å². The Kier molecular flexibility index (Phi) is 8.09. The number of carbonyl (C=O) groups is 3. The Morgan fingerprint density at radius 3 is 2.47 bits per heavy atom. The number of ether oxygens (including phenoxy) is 2. The average molecular weight is 465 g/mol. The van der Waals surface area contributed by atoms with Gasteiger partial charge in [0.05, 0.1) is 7.11 Å². The number of urea groups is 1. The fourth-order valence-corrected chi connectivity index (χ4v) is 4.02. The number of amides is 3. The van der Waals surface area contributed by atoms with Crippen molar-refractivity contribution in [2.75, 3.05) is 13.7 Å². The monoisotopic (exact) mass is 464 g/mol. The molecule has 1 aromatic heterocycles. The van der Waals surface area contributed by atoms with Crippen LogP contribution in [0.3, 0.4) is 0 Å². The van der Waals surface area contributed by atoms with Crippen LogP contribution in [0.25, 0.3) is 11.8 Å². The van der Waals surface area contributed by atoms with Crippen LogP contribution in [-0.4, -0.2) is 42.2 Å². The van der Waals surface area contributed by atoms with E-state index in [0.717, 1.165) is 48.5 Å². The van der Waals surface area contributed by atoms with Crippen LogP contribution in [0.2, 0.25) is 0 Å². The first-order chi connectivity index (χ1) is 16.3. The van der Waals surface area contributed by atoms with Crippen LogP contribution in [0.15, 0.2) is 35.9 Å². The maximum atomic E-state index is 12.4. The zero-order valence-corrected chi connectivity index (χ0v) is 19.5. The van der Waals surface area contributed by atoms with Crippen LogP contribution >= 0.6 is 0 Å². The first-order valence-corrected chi connectivity index (χ1v) is 11.0. The number of hydrogen-bond donors (Lipinski definition) is 2. The summed E-state index contributed by atoms with van der Waals surface area (Å²) in [5, 5.41) is 14.3. The molecule has 9 nitrogen and oxygen atoms in total. The summed E-state index contributed by atoms with van der Waals surface area (Å²) in [7, 11) is 1.60. The Hall–Kier alpha value is -4.06. The highest BCUT2D eigenvalue weighted by Crippen LogP contribution is 2.24. The molecule has 1 aromatic carbocycles. The number of hydrogen-bond acceptors (Lipinski definition) is 6. The van der Waals surface area contributed by atoms with Crippen LogP contribution in [-0.2, 0) is 14.3 Å². The normalized spacial score (nSPS) is 13.8. The number of imide groups is 1. The van der Waals surface area contributed by atoms with Crippen LogP contribution in [0, 0.1) is 25.2 Å². The van der Waals surface area contributed by atoms with Gasteiger partial charge in [0.1, 0.15) is 17.4 Å². The lowest BCUT2D eigenvalue weighted by molar-refractivity contribution is -0.144. The zero-order valence-electron chi connectivity index (χ0n) is 19.5. The molecular formula is C25H28N4O5. The standard InChI is InChI=1S/C25H28N4O5/c1-16-12-18(17(2)29(16)21-8-10-22(33-3)11-9-21)13-19(14-26)24(31)34-15-23(30)28-25(32)27-20-6-4-5-7-20/h8-13,20H,4-7,15H2,1-3H3,(H2,27,28,30,32)/b19-13+. The lowest BCUT2D eigenvalue weighted by Crippen LogP contribution is -2.45. The number of methoxy groups -OCH3 is 1. The molecule has 3 rings (SSSR count). The first kappa shape index (κ1) is 24.6. The fourth-order valence-electron chi connectivity index (χ4n) is 4.02. The number of aromatic nitrogens is 1. The fraction of sp³-hybridized carbons (Fsp3) is 0.360. The Morgan fingerprint density at radius 1 is 1.18 bits per heavy atom. The number of nitrogens with zero attached hydrogens (tertiary/aromatic N) is 2. The average Bonchev–Trinajstić information content (AvgIpc) is 3.42. The summed E-state index contributed by atoms with van der Waals surface area (Å²) in [6.07, 6.45) is 5.28. The summed E-state index contributed by atoms with van der Waals surface area (Å²) in [5.74, 6) is -0.970. The van der Waals surface area contributed by atoms with Gasteiger partial charge in [0, 0.05) is 23.1 Å². The van der Waals surface area contributed by atoms with Crippen molar-refractivity contribution >= 4 is 24.0 Å². The maximum Gasteiger partial charge on any atom is 0.349 e. The van der Waals surface area contributed by atoms with Crippen molar-refractivity contribution in [3.8, 4) is 17.5 Å². The van der Waals surface area contributed by atoms with E-state index in [2.05, 4.69) is 10.6 Å². The van der Waals surface area contributed by atoms with E-state index in [-0.39, 0.29) is 11.6 Å². The third kappa shape index (κ3) is 6.04. The van der Waals surface area contributed by atoms with E-state index in [1.54, 1.807) is 7.11 Å². The minimum absolute atomic E-state index is 0.0559. The summed E-state index contributed by atoms with van der Waals surface area (Å²) in [6, 6.07) is 10.6. The Labute approximate surface area is 198 Å². The van der Waals surface area contributed by atoms with Crippen molar-refractivity contribution in [3.63, 3.8) is 0 Å². The molecule has 0 saturated heterocycles. The maximum absolute atomic E-state index is 12.4. The van der Waals surface area contributed by atoms with Crippen molar-refractivity contribution in [1.29, 1.82) is 5.26 Å². The second kappa shape index (κ2) is 11.2. The van der Waals surface area contributed by atoms with Gasteiger partial charge in [-0.1, -0.05) is 12.8 Å². The highest BCUT2D eigenvalue weighted by Gasteiger charge is 2.20. The number of carbonyl (C=O) groups excluding carboxylic acids is 3. The molecule has 0 spiro atoms. The van der Waals surface area contributed by atoms with E-state index in [1.165, 1.54) is 6.08 Å². The molecule has 0 aliphatic heterocycles. The summed E-state index contributed by atoms with van der Waals surface area (Å²) >= 11 is 0. The van der Waals surface area contributed by atoms with Crippen molar-refractivity contribution in [1.82, 2.24) is 15.2 Å². The second-order valence-electron chi connectivity index (χ2n) is 8.11. The van der Waals surface area contributed by atoms with Gasteiger partial charge < -0.3 is 19.4 Å². The molecule has 3 amide bonds. The van der Waals surface area contributed by atoms with Gasteiger partial charge in [0.15, 0.2) is 6.61 Å². The molecule has 1 fully saturated rings. The topological polar surface area (TPSA) is 122 Å². The zero-order chi connectivity index (χ0) is 24.7. The molecule has 178 valence electrons. The predicted octanol–water partition coefficient (Wildman–Crippen LogP) is 3.32. The Bertz CT molecular complexity index is 1140. The Balaban J connectivity index is 1.63. The van der Waals surface area contributed by atoms with E-state index >= 15 is 0 Å².